The largest absolute Gasteiger partial charge is 0.361 e. The van der Waals surface area contributed by atoms with Gasteiger partial charge in [-0.05, 0) is 54.7 Å². The van der Waals surface area contributed by atoms with E-state index in [-0.39, 0.29) is 30.0 Å². The van der Waals surface area contributed by atoms with E-state index in [1.165, 1.54) is 23.1 Å². The van der Waals surface area contributed by atoms with Crippen molar-refractivity contribution in [3.63, 3.8) is 0 Å². The van der Waals surface area contributed by atoms with Crippen LogP contribution in [-0.2, 0) is 9.59 Å². The number of aromatic amines is 1. The number of rotatable bonds is 3. The van der Waals surface area contributed by atoms with Gasteiger partial charge in [-0.15, -0.1) is 0 Å². The molecule has 2 saturated heterocycles. The Morgan fingerprint density at radius 1 is 1.03 bits per heavy atom. The number of likely N-dealkylation sites (tertiary alicyclic amines) is 1. The molecule has 0 aliphatic carbocycles. The van der Waals surface area contributed by atoms with Crippen LogP contribution in [-0.4, -0.2) is 41.3 Å². The first-order valence-corrected chi connectivity index (χ1v) is 10.5. The van der Waals surface area contributed by atoms with Gasteiger partial charge in [0.15, 0.2) is 0 Å². The van der Waals surface area contributed by atoms with E-state index in [9.17, 15) is 14.0 Å². The molecular formula is C24H24FN3O2. The third kappa shape index (κ3) is 3.36. The lowest BCUT2D eigenvalue weighted by Gasteiger charge is -2.33. The Morgan fingerprint density at radius 3 is 2.53 bits per heavy atom. The minimum atomic E-state index is -0.337. The summed E-state index contributed by atoms with van der Waals surface area (Å²) in [6.07, 6.45) is 4.17. The van der Waals surface area contributed by atoms with E-state index < -0.39 is 0 Å². The number of amides is 2. The lowest BCUT2D eigenvalue weighted by atomic mass is 9.88. The lowest BCUT2D eigenvalue weighted by Crippen LogP contribution is -2.42. The Bertz CT molecular complexity index is 1080. The van der Waals surface area contributed by atoms with Crippen molar-refractivity contribution in [2.24, 2.45) is 5.92 Å². The van der Waals surface area contributed by atoms with E-state index in [4.69, 9.17) is 0 Å². The van der Waals surface area contributed by atoms with E-state index in [2.05, 4.69) is 29.4 Å². The van der Waals surface area contributed by atoms with Crippen LogP contribution in [0.2, 0.25) is 0 Å². The van der Waals surface area contributed by atoms with Gasteiger partial charge in [-0.2, -0.15) is 0 Å². The molecule has 0 saturated carbocycles. The zero-order valence-corrected chi connectivity index (χ0v) is 16.7. The molecule has 154 valence electrons. The summed E-state index contributed by atoms with van der Waals surface area (Å²) in [6.45, 7) is 1.79. The maximum absolute atomic E-state index is 13.2. The molecule has 3 heterocycles. The number of nitrogens with one attached hydrogen (secondary N) is 1. The number of halogens is 1. The van der Waals surface area contributed by atoms with Crippen LogP contribution in [0.3, 0.4) is 0 Å². The van der Waals surface area contributed by atoms with Crippen molar-refractivity contribution in [3.8, 4) is 0 Å². The molecule has 5 rings (SSSR count). The topological polar surface area (TPSA) is 56.4 Å². The Morgan fingerprint density at radius 2 is 1.77 bits per heavy atom. The van der Waals surface area contributed by atoms with E-state index >= 15 is 0 Å². The minimum Gasteiger partial charge on any atom is -0.361 e. The zero-order valence-electron chi connectivity index (χ0n) is 16.7. The number of benzene rings is 2. The number of hydrogen-bond acceptors (Lipinski definition) is 2. The van der Waals surface area contributed by atoms with E-state index in [1.807, 2.05) is 11.0 Å². The second kappa shape index (κ2) is 7.59. The van der Waals surface area contributed by atoms with Crippen molar-refractivity contribution >= 4 is 28.4 Å². The molecule has 1 aromatic heterocycles. The third-order valence-corrected chi connectivity index (χ3v) is 6.48. The molecule has 2 aliphatic heterocycles. The summed E-state index contributed by atoms with van der Waals surface area (Å²) in [5, 5.41) is 1.26. The van der Waals surface area contributed by atoms with Gasteiger partial charge in [0.1, 0.15) is 5.82 Å². The van der Waals surface area contributed by atoms with Crippen molar-refractivity contribution in [2.75, 3.05) is 24.5 Å². The molecule has 2 amide bonds. The Labute approximate surface area is 174 Å². The van der Waals surface area contributed by atoms with Crippen molar-refractivity contribution in [1.82, 2.24) is 9.88 Å². The van der Waals surface area contributed by atoms with Crippen LogP contribution < -0.4 is 4.90 Å². The fraction of sp³-hybridized carbons (Fsp3) is 0.333. The predicted molar refractivity (Wildman–Crippen MR) is 114 cm³/mol. The van der Waals surface area contributed by atoms with Crippen molar-refractivity contribution in [1.29, 1.82) is 0 Å². The van der Waals surface area contributed by atoms with Crippen molar-refractivity contribution in [3.05, 3.63) is 66.1 Å². The summed E-state index contributed by atoms with van der Waals surface area (Å²) >= 11 is 0. The minimum absolute atomic E-state index is 0.0605. The molecule has 0 bridgehead atoms. The van der Waals surface area contributed by atoms with Crippen molar-refractivity contribution in [2.45, 2.75) is 25.2 Å². The zero-order chi connectivity index (χ0) is 20.7. The molecule has 30 heavy (non-hydrogen) atoms. The average molecular weight is 405 g/mol. The summed E-state index contributed by atoms with van der Waals surface area (Å²) in [5.74, 6) is -0.242. The van der Waals surface area contributed by atoms with Crippen LogP contribution in [0, 0.1) is 11.7 Å². The molecule has 6 heteroatoms. The number of hydrogen-bond donors (Lipinski definition) is 1. The van der Waals surface area contributed by atoms with Crippen LogP contribution in [0.25, 0.3) is 10.9 Å². The number of nitrogens with zero attached hydrogens (tertiary/aromatic N) is 2. The van der Waals surface area contributed by atoms with Crippen molar-refractivity contribution < 1.29 is 14.0 Å². The highest BCUT2D eigenvalue weighted by molar-refractivity contribution is 6.00. The first-order chi connectivity index (χ1) is 14.6. The highest BCUT2D eigenvalue weighted by Crippen LogP contribution is 2.34. The number of carbonyl (C=O) groups is 2. The van der Waals surface area contributed by atoms with Crippen LogP contribution in [0.5, 0.6) is 0 Å². The van der Waals surface area contributed by atoms with Gasteiger partial charge in [-0.1, -0.05) is 18.2 Å². The van der Waals surface area contributed by atoms with E-state index in [0.29, 0.717) is 31.2 Å². The molecule has 1 N–H and O–H groups in total. The second-order valence-corrected chi connectivity index (χ2v) is 8.27. The molecule has 2 aliphatic rings. The van der Waals surface area contributed by atoms with Gasteiger partial charge < -0.3 is 14.8 Å². The SMILES string of the molecule is O=C(C1CC(=O)N(c2ccc(F)cc2)C1)N1CCC(c2c[nH]c3ccccc23)CC1. The number of H-pyrrole nitrogens is 1. The summed E-state index contributed by atoms with van der Waals surface area (Å²) in [5.41, 5.74) is 3.13. The predicted octanol–water partition coefficient (Wildman–Crippen LogP) is 4.07. The van der Waals surface area contributed by atoms with E-state index in [1.54, 1.807) is 17.0 Å². The molecule has 0 spiro atoms. The Balaban J connectivity index is 1.23. The quantitative estimate of drug-likeness (QED) is 0.714. The van der Waals surface area contributed by atoms with Gasteiger partial charge in [0.2, 0.25) is 11.8 Å². The number of aromatic nitrogens is 1. The molecule has 5 nitrogen and oxygen atoms in total. The fourth-order valence-corrected chi connectivity index (χ4v) is 4.84. The second-order valence-electron chi connectivity index (χ2n) is 8.27. The monoisotopic (exact) mass is 405 g/mol. The van der Waals surface area contributed by atoms with Crippen LogP contribution in [0.1, 0.15) is 30.7 Å². The molecule has 1 unspecified atom stereocenters. The fourth-order valence-electron chi connectivity index (χ4n) is 4.84. The number of carbonyl (C=O) groups excluding carboxylic acids is 2. The molecule has 2 aromatic carbocycles. The summed E-state index contributed by atoms with van der Waals surface area (Å²) in [6, 6.07) is 14.2. The Kier molecular flexibility index (Phi) is 4.77. The van der Waals surface area contributed by atoms with Gasteiger partial charge in [-0.25, -0.2) is 4.39 Å². The van der Waals surface area contributed by atoms with Gasteiger partial charge >= 0.3 is 0 Å². The first-order valence-electron chi connectivity index (χ1n) is 10.5. The first kappa shape index (κ1) is 18.9. The number of para-hydroxylation sites is 1. The molecular weight excluding hydrogens is 381 g/mol. The van der Waals surface area contributed by atoms with Gasteiger partial charge in [0.05, 0.1) is 5.92 Å². The molecule has 3 aromatic rings. The standard InChI is InChI=1S/C24H24FN3O2/c25-18-5-7-19(8-6-18)28-15-17(13-23(28)29)24(30)27-11-9-16(10-12-27)21-14-26-22-4-2-1-3-20(21)22/h1-8,14,16-17,26H,9-13,15H2. The molecule has 0 radical (unpaired) electrons. The maximum atomic E-state index is 13.2. The van der Waals surface area contributed by atoms with Gasteiger partial charge in [0, 0.05) is 48.8 Å². The van der Waals surface area contributed by atoms with Gasteiger partial charge in [-0.3, -0.25) is 9.59 Å². The highest BCUT2D eigenvalue weighted by Gasteiger charge is 2.38. The molecule has 2 fully saturated rings. The number of anilines is 1. The normalized spacial score (nSPS) is 20.3. The van der Waals surface area contributed by atoms with E-state index in [0.717, 1.165) is 18.4 Å². The van der Waals surface area contributed by atoms with Crippen LogP contribution in [0.4, 0.5) is 10.1 Å². The maximum Gasteiger partial charge on any atom is 0.228 e. The lowest BCUT2D eigenvalue weighted by molar-refractivity contribution is -0.136. The molecule has 1 atom stereocenters. The summed E-state index contributed by atoms with van der Waals surface area (Å²) < 4.78 is 13.2. The smallest absolute Gasteiger partial charge is 0.228 e. The summed E-state index contributed by atoms with van der Waals surface area (Å²) in [7, 11) is 0. The number of fused-ring (bicyclic) bond motifs is 1. The third-order valence-electron chi connectivity index (χ3n) is 6.48. The van der Waals surface area contributed by atoms with Crippen LogP contribution in [0.15, 0.2) is 54.7 Å². The van der Waals surface area contributed by atoms with Crippen LogP contribution >= 0.6 is 0 Å². The Hall–Kier alpha value is -3.15. The summed E-state index contributed by atoms with van der Waals surface area (Å²) in [4.78, 5) is 32.4. The number of piperidine rings is 1. The van der Waals surface area contributed by atoms with Gasteiger partial charge in [0.25, 0.3) is 0 Å². The average Bonchev–Trinajstić information content (AvgIpc) is 3.38. The highest BCUT2D eigenvalue weighted by atomic mass is 19.1.